The van der Waals surface area contributed by atoms with E-state index in [1.54, 1.807) is 0 Å². The molecule has 0 saturated heterocycles. The van der Waals surface area contributed by atoms with Crippen molar-refractivity contribution < 1.29 is 15.0 Å². The second-order valence-corrected chi connectivity index (χ2v) is 9.28. The van der Waals surface area contributed by atoms with Crippen molar-refractivity contribution in [3.05, 3.63) is 46.6 Å². The number of carbonyl (C=O) groups excluding carboxylic acids is 1. The van der Waals surface area contributed by atoms with Gasteiger partial charge in [-0.2, -0.15) is 0 Å². The SMILES string of the molecule is C=C(C)C1CCC(C)=CC1c1c(O)cc(CCCCC)c(CNC(=O)C2CC2)c1O. The van der Waals surface area contributed by atoms with Gasteiger partial charge in [-0.25, -0.2) is 0 Å². The summed E-state index contributed by atoms with van der Waals surface area (Å²) in [6.07, 6.45) is 10.0. The van der Waals surface area contributed by atoms with E-state index in [1.165, 1.54) is 5.57 Å². The van der Waals surface area contributed by atoms with E-state index in [4.69, 9.17) is 0 Å². The third-order valence-electron chi connectivity index (χ3n) is 6.67. The predicted octanol–water partition coefficient (Wildman–Crippen LogP) is 5.87. The van der Waals surface area contributed by atoms with Crippen molar-refractivity contribution in [1.82, 2.24) is 5.32 Å². The van der Waals surface area contributed by atoms with Crippen LogP contribution >= 0.6 is 0 Å². The zero-order valence-corrected chi connectivity index (χ0v) is 18.8. The summed E-state index contributed by atoms with van der Waals surface area (Å²) in [5, 5.41) is 25.3. The fraction of sp³-hybridized carbons (Fsp3) is 0.577. The molecule has 4 nitrogen and oxygen atoms in total. The first-order chi connectivity index (χ1) is 14.3. The highest BCUT2D eigenvalue weighted by atomic mass is 16.3. The number of amides is 1. The van der Waals surface area contributed by atoms with Crippen molar-refractivity contribution in [3.63, 3.8) is 0 Å². The molecule has 2 unspecified atom stereocenters. The number of rotatable bonds is 9. The molecule has 2 aliphatic carbocycles. The van der Waals surface area contributed by atoms with Gasteiger partial charge >= 0.3 is 0 Å². The first kappa shape index (κ1) is 22.5. The van der Waals surface area contributed by atoms with Crippen molar-refractivity contribution in [2.24, 2.45) is 11.8 Å². The molecule has 1 aromatic rings. The number of phenols is 2. The van der Waals surface area contributed by atoms with Crippen LogP contribution in [0, 0.1) is 11.8 Å². The Morgan fingerprint density at radius 2 is 1.97 bits per heavy atom. The fourth-order valence-electron chi connectivity index (χ4n) is 4.65. The Balaban J connectivity index is 1.99. The number of allylic oxidation sites excluding steroid dienone is 3. The molecule has 0 spiro atoms. The number of carbonyl (C=O) groups is 1. The summed E-state index contributed by atoms with van der Waals surface area (Å²) < 4.78 is 0. The van der Waals surface area contributed by atoms with Crippen LogP contribution < -0.4 is 5.32 Å². The molecule has 30 heavy (non-hydrogen) atoms. The van der Waals surface area contributed by atoms with E-state index in [0.717, 1.165) is 68.1 Å². The third-order valence-corrected chi connectivity index (χ3v) is 6.67. The molecule has 4 heteroatoms. The standard InChI is InChI=1S/C26H37NO3/c1-5-6-7-8-19-14-23(28)24(21-13-17(4)9-12-20(21)16(2)3)25(29)22(19)15-27-26(30)18-10-11-18/h13-14,18,20-21,28-29H,2,5-12,15H2,1,3-4H3,(H,27,30). The maximum absolute atomic E-state index is 12.2. The van der Waals surface area contributed by atoms with Crippen LogP contribution in [-0.2, 0) is 17.8 Å². The number of aryl methyl sites for hydroxylation is 1. The van der Waals surface area contributed by atoms with Crippen LogP contribution in [0.3, 0.4) is 0 Å². The van der Waals surface area contributed by atoms with E-state index in [9.17, 15) is 15.0 Å². The Morgan fingerprint density at radius 1 is 1.23 bits per heavy atom. The molecule has 0 heterocycles. The second kappa shape index (κ2) is 9.72. The van der Waals surface area contributed by atoms with E-state index >= 15 is 0 Å². The number of nitrogens with one attached hydrogen (secondary N) is 1. The molecule has 0 aliphatic heterocycles. The van der Waals surface area contributed by atoms with Crippen molar-refractivity contribution in [3.8, 4) is 11.5 Å². The molecule has 1 amide bonds. The molecule has 1 saturated carbocycles. The Morgan fingerprint density at radius 3 is 2.60 bits per heavy atom. The molecule has 2 aliphatic rings. The molecular weight excluding hydrogens is 374 g/mol. The van der Waals surface area contributed by atoms with Crippen molar-refractivity contribution in [2.45, 2.75) is 84.6 Å². The number of hydrogen-bond donors (Lipinski definition) is 3. The summed E-state index contributed by atoms with van der Waals surface area (Å²) in [4.78, 5) is 12.2. The summed E-state index contributed by atoms with van der Waals surface area (Å²) in [7, 11) is 0. The number of hydrogen-bond acceptors (Lipinski definition) is 3. The zero-order chi connectivity index (χ0) is 21.8. The molecule has 0 aromatic heterocycles. The van der Waals surface area contributed by atoms with Gasteiger partial charge in [-0.3, -0.25) is 4.79 Å². The largest absolute Gasteiger partial charge is 0.507 e. The number of unbranched alkanes of at least 4 members (excludes halogenated alkanes) is 2. The van der Waals surface area contributed by atoms with Crippen LogP contribution in [0.2, 0.25) is 0 Å². The first-order valence-corrected chi connectivity index (χ1v) is 11.5. The Hall–Kier alpha value is -2.23. The van der Waals surface area contributed by atoms with Crippen LogP contribution in [0.25, 0.3) is 0 Å². The quantitative estimate of drug-likeness (QED) is 0.351. The van der Waals surface area contributed by atoms with Gasteiger partial charge in [0.25, 0.3) is 0 Å². The van der Waals surface area contributed by atoms with Crippen LogP contribution in [0.5, 0.6) is 11.5 Å². The topological polar surface area (TPSA) is 69.6 Å². The molecule has 3 rings (SSSR count). The lowest BCUT2D eigenvalue weighted by Gasteiger charge is -2.32. The van der Waals surface area contributed by atoms with Crippen LogP contribution in [0.15, 0.2) is 29.9 Å². The molecule has 0 bridgehead atoms. The normalized spacial score (nSPS) is 21.2. The number of phenolic OH excluding ortho intramolecular Hbond substituents is 2. The van der Waals surface area contributed by atoms with Gasteiger partial charge in [0.05, 0.1) is 0 Å². The van der Waals surface area contributed by atoms with Gasteiger partial charge in [0.2, 0.25) is 5.91 Å². The zero-order valence-electron chi connectivity index (χ0n) is 18.8. The van der Waals surface area contributed by atoms with Crippen LogP contribution in [0.1, 0.15) is 88.3 Å². The molecular formula is C26H37NO3. The minimum atomic E-state index is -0.0983. The summed E-state index contributed by atoms with van der Waals surface area (Å²) in [5.74, 6) is 0.572. The van der Waals surface area contributed by atoms with Gasteiger partial charge in [0.1, 0.15) is 11.5 Å². The molecule has 0 radical (unpaired) electrons. The lowest BCUT2D eigenvalue weighted by atomic mass is 9.73. The predicted molar refractivity (Wildman–Crippen MR) is 122 cm³/mol. The average molecular weight is 412 g/mol. The number of aromatic hydroxyl groups is 2. The summed E-state index contributed by atoms with van der Waals surface area (Å²) in [5.41, 5.74) is 4.61. The van der Waals surface area contributed by atoms with Gasteiger partial charge in [-0.15, -0.1) is 0 Å². The molecule has 2 atom stereocenters. The lowest BCUT2D eigenvalue weighted by molar-refractivity contribution is -0.122. The van der Waals surface area contributed by atoms with Crippen LogP contribution in [0.4, 0.5) is 0 Å². The lowest BCUT2D eigenvalue weighted by Crippen LogP contribution is -2.25. The monoisotopic (exact) mass is 411 g/mol. The molecule has 164 valence electrons. The van der Waals surface area contributed by atoms with Gasteiger partial charge in [0, 0.05) is 29.5 Å². The summed E-state index contributed by atoms with van der Waals surface area (Å²) in [6.45, 7) is 10.8. The highest BCUT2D eigenvalue weighted by Gasteiger charge is 2.33. The minimum Gasteiger partial charge on any atom is -0.507 e. The Labute approximate surface area is 181 Å². The third kappa shape index (κ3) is 5.08. The van der Waals surface area contributed by atoms with Crippen molar-refractivity contribution in [2.75, 3.05) is 0 Å². The minimum absolute atomic E-state index is 0.0664. The Bertz CT molecular complexity index is 835. The molecule has 1 aromatic carbocycles. The molecule has 3 N–H and O–H groups in total. The van der Waals surface area contributed by atoms with E-state index < -0.39 is 0 Å². The van der Waals surface area contributed by atoms with E-state index in [0.29, 0.717) is 12.1 Å². The summed E-state index contributed by atoms with van der Waals surface area (Å²) >= 11 is 0. The van der Waals surface area contributed by atoms with Gasteiger partial charge in [0.15, 0.2) is 0 Å². The van der Waals surface area contributed by atoms with Crippen molar-refractivity contribution in [1.29, 1.82) is 0 Å². The summed E-state index contributed by atoms with van der Waals surface area (Å²) in [6, 6.07) is 1.82. The highest BCUT2D eigenvalue weighted by molar-refractivity contribution is 5.81. The van der Waals surface area contributed by atoms with Gasteiger partial charge in [-0.1, -0.05) is 43.6 Å². The average Bonchev–Trinajstić information content (AvgIpc) is 3.52. The van der Waals surface area contributed by atoms with Crippen molar-refractivity contribution >= 4 is 5.91 Å². The van der Waals surface area contributed by atoms with Gasteiger partial charge in [-0.05, 0) is 69.9 Å². The van der Waals surface area contributed by atoms with E-state index in [-0.39, 0.29) is 35.2 Å². The first-order valence-electron chi connectivity index (χ1n) is 11.5. The smallest absolute Gasteiger partial charge is 0.223 e. The maximum atomic E-state index is 12.2. The van der Waals surface area contributed by atoms with E-state index in [1.807, 2.05) is 13.0 Å². The highest BCUT2D eigenvalue weighted by Crippen LogP contribution is 2.48. The van der Waals surface area contributed by atoms with E-state index in [2.05, 4.69) is 31.8 Å². The maximum Gasteiger partial charge on any atom is 0.223 e. The fourth-order valence-corrected chi connectivity index (χ4v) is 4.65. The van der Waals surface area contributed by atoms with Crippen LogP contribution in [-0.4, -0.2) is 16.1 Å². The number of benzene rings is 1. The second-order valence-electron chi connectivity index (χ2n) is 9.28. The van der Waals surface area contributed by atoms with Gasteiger partial charge < -0.3 is 15.5 Å². The Kier molecular flexibility index (Phi) is 7.27. The molecule has 1 fully saturated rings.